The number of piperidine rings is 1. The summed E-state index contributed by atoms with van der Waals surface area (Å²) < 4.78 is 53.9. The van der Waals surface area contributed by atoms with Crippen molar-refractivity contribution in [1.82, 2.24) is 4.90 Å². The van der Waals surface area contributed by atoms with Crippen LogP contribution in [0, 0.1) is 0 Å². The Balaban J connectivity index is 1.37. The molecule has 1 fully saturated rings. The van der Waals surface area contributed by atoms with Gasteiger partial charge in [-0.2, -0.15) is 13.2 Å². The molecule has 0 spiro atoms. The number of benzene rings is 2. The summed E-state index contributed by atoms with van der Waals surface area (Å²) in [4.78, 5) is 13.5. The molecule has 0 saturated carbocycles. The number of hydrogen-bond donors (Lipinski definition) is 1. The number of nitrogens with zero attached hydrogens (tertiary/aromatic N) is 1. The van der Waals surface area contributed by atoms with E-state index in [0.29, 0.717) is 49.5 Å². The molecule has 0 bridgehead atoms. The molecule has 3 rings (SSSR count). The van der Waals surface area contributed by atoms with Gasteiger partial charge in [0.15, 0.2) is 0 Å². The standard InChI is InChI=1S/C23H26F3NO5/c1-30-22(29)16-2-6-19(7-3-16)31-15-18(28)14-27-12-10-21(11-13-27)32-20-8-4-17(5-9-20)23(24,25)26/h2-9,18,21,28H,10-15H2,1H3. The fourth-order valence-corrected chi connectivity index (χ4v) is 3.47. The molecule has 6 nitrogen and oxygen atoms in total. The van der Waals surface area contributed by atoms with Crippen molar-refractivity contribution in [3.05, 3.63) is 59.7 Å². The molecular weight excluding hydrogens is 427 g/mol. The number of esters is 1. The van der Waals surface area contributed by atoms with E-state index in [2.05, 4.69) is 9.64 Å². The highest BCUT2D eigenvalue weighted by Gasteiger charge is 2.30. The Labute approximate surface area is 184 Å². The SMILES string of the molecule is COC(=O)c1ccc(OCC(O)CN2CCC(Oc3ccc(C(F)(F)F)cc3)CC2)cc1. The summed E-state index contributed by atoms with van der Waals surface area (Å²) in [6.07, 6.45) is -3.71. The van der Waals surface area contributed by atoms with Gasteiger partial charge < -0.3 is 24.2 Å². The van der Waals surface area contributed by atoms with Gasteiger partial charge in [0.05, 0.1) is 18.2 Å². The zero-order valence-electron chi connectivity index (χ0n) is 17.7. The van der Waals surface area contributed by atoms with E-state index in [0.717, 1.165) is 12.1 Å². The number of aliphatic hydroxyl groups excluding tert-OH is 1. The van der Waals surface area contributed by atoms with E-state index in [1.807, 2.05) is 0 Å². The molecule has 1 saturated heterocycles. The number of carbonyl (C=O) groups is 1. The number of halogens is 3. The van der Waals surface area contributed by atoms with E-state index in [1.165, 1.54) is 19.2 Å². The first-order valence-corrected chi connectivity index (χ1v) is 10.3. The summed E-state index contributed by atoms with van der Waals surface area (Å²) in [6, 6.07) is 11.2. The fraction of sp³-hybridized carbons (Fsp3) is 0.435. The highest BCUT2D eigenvalue weighted by Crippen LogP contribution is 2.30. The molecule has 1 heterocycles. The zero-order chi connectivity index (χ0) is 23.1. The molecule has 1 unspecified atom stereocenters. The Morgan fingerprint density at radius 2 is 1.66 bits per heavy atom. The number of carbonyl (C=O) groups excluding carboxylic acids is 1. The second-order valence-corrected chi connectivity index (χ2v) is 7.62. The molecule has 1 aliphatic rings. The van der Waals surface area contributed by atoms with E-state index in [9.17, 15) is 23.1 Å². The second-order valence-electron chi connectivity index (χ2n) is 7.62. The largest absolute Gasteiger partial charge is 0.491 e. The van der Waals surface area contributed by atoms with Crippen LogP contribution in [0.2, 0.25) is 0 Å². The molecular formula is C23H26F3NO5. The smallest absolute Gasteiger partial charge is 0.416 e. The summed E-state index contributed by atoms with van der Waals surface area (Å²) >= 11 is 0. The van der Waals surface area contributed by atoms with Gasteiger partial charge in [0.1, 0.15) is 30.3 Å². The van der Waals surface area contributed by atoms with Crippen molar-refractivity contribution in [2.45, 2.75) is 31.2 Å². The van der Waals surface area contributed by atoms with Crippen molar-refractivity contribution in [3.63, 3.8) is 0 Å². The molecule has 1 aliphatic heterocycles. The van der Waals surface area contributed by atoms with E-state index >= 15 is 0 Å². The summed E-state index contributed by atoms with van der Waals surface area (Å²) in [6.45, 7) is 1.96. The molecule has 9 heteroatoms. The number of aliphatic hydroxyl groups is 1. The lowest BCUT2D eigenvalue weighted by molar-refractivity contribution is -0.137. The third kappa shape index (κ3) is 6.86. The number of likely N-dealkylation sites (tertiary alicyclic amines) is 1. The average molecular weight is 453 g/mol. The zero-order valence-corrected chi connectivity index (χ0v) is 17.7. The van der Waals surface area contributed by atoms with Gasteiger partial charge in [-0.25, -0.2) is 4.79 Å². The minimum Gasteiger partial charge on any atom is -0.491 e. The molecule has 1 N–H and O–H groups in total. The van der Waals surface area contributed by atoms with Crippen LogP contribution < -0.4 is 9.47 Å². The normalized spacial score (nSPS) is 16.4. The lowest BCUT2D eigenvalue weighted by atomic mass is 10.1. The van der Waals surface area contributed by atoms with Gasteiger partial charge in [-0.15, -0.1) is 0 Å². The molecule has 1 atom stereocenters. The molecule has 2 aromatic carbocycles. The molecule has 2 aromatic rings. The number of ether oxygens (including phenoxy) is 3. The van der Waals surface area contributed by atoms with Crippen molar-refractivity contribution in [3.8, 4) is 11.5 Å². The quantitative estimate of drug-likeness (QED) is 0.614. The minimum absolute atomic E-state index is 0.0790. The highest BCUT2D eigenvalue weighted by atomic mass is 19.4. The number of hydrogen-bond acceptors (Lipinski definition) is 6. The van der Waals surface area contributed by atoms with Gasteiger partial charge in [0.25, 0.3) is 0 Å². The van der Waals surface area contributed by atoms with E-state index in [4.69, 9.17) is 9.47 Å². The first kappa shape index (κ1) is 23.9. The topological polar surface area (TPSA) is 68.2 Å². The van der Waals surface area contributed by atoms with E-state index in [1.54, 1.807) is 24.3 Å². The molecule has 0 aromatic heterocycles. The van der Waals surface area contributed by atoms with Crippen molar-refractivity contribution in [2.24, 2.45) is 0 Å². The lowest BCUT2D eigenvalue weighted by Crippen LogP contribution is -2.43. The lowest BCUT2D eigenvalue weighted by Gasteiger charge is -2.33. The molecule has 0 aliphatic carbocycles. The van der Waals surface area contributed by atoms with Gasteiger partial charge in [0.2, 0.25) is 0 Å². The van der Waals surface area contributed by atoms with Crippen LogP contribution in [0.3, 0.4) is 0 Å². The number of alkyl halides is 3. The van der Waals surface area contributed by atoms with Crippen molar-refractivity contribution in [1.29, 1.82) is 0 Å². The van der Waals surface area contributed by atoms with Gasteiger partial charge in [-0.05, 0) is 61.4 Å². The van der Waals surface area contributed by atoms with Crippen LogP contribution in [0.5, 0.6) is 11.5 Å². The number of β-amino-alcohol motifs (C(OH)–C–C–N with tert-alkyl or cyclic N) is 1. The summed E-state index contributed by atoms with van der Waals surface area (Å²) in [7, 11) is 1.31. The van der Waals surface area contributed by atoms with Crippen molar-refractivity contribution >= 4 is 5.97 Å². The van der Waals surface area contributed by atoms with Crippen LogP contribution >= 0.6 is 0 Å². The first-order chi connectivity index (χ1) is 15.2. The second kappa shape index (κ2) is 10.7. The fourth-order valence-electron chi connectivity index (χ4n) is 3.47. The monoisotopic (exact) mass is 453 g/mol. The van der Waals surface area contributed by atoms with Crippen LogP contribution in [0.15, 0.2) is 48.5 Å². The third-order valence-electron chi connectivity index (χ3n) is 5.21. The van der Waals surface area contributed by atoms with Crippen LogP contribution in [-0.4, -0.2) is 61.5 Å². The van der Waals surface area contributed by atoms with Crippen LogP contribution in [-0.2, 0) is 10.9 Å². The van der Waals surface area contributed by atoms with E-state index < -0.39 is 23.8 Å². The number of methoxy groups -OCH3 is 1. The van der Waals surface area contributed by atoms with E-state index in [-0.39, 0.29) is 12.7 Å². The van der Waals surface area contributed by atoms with Crippen molar-refractivity contribution < 1.29 is 37.3 Å². The van der Waals surface area contributed by atoms with Crippen LogP contribution in [0.25, 0.3) is 0 Å². The summed E-state index contributed by atoms with van der Waals surface area (Å²) in [5, 5.41) is 10.3. The van der Waals surface area contributed by atoms with Crippen LogP contribution in [0.1, 0.15) is 28.8 Å². The maximum absolute atomic E-state index is 12.6. The van der Waals surface area contributed by atoms with Gasteiger partial charge in [-0.3, -0.25) is 0 Å². The molecule has 0 amide bonds. The predicted molar refractivity (Wildman–Crippen MR) is 111 cm³/mol. The average Bonchev–Trinajstić information content (AvgIpc) is 2.78. The van der Waals surface area contributed by atoms with Gasteiger partial charge >= 0.3 is 12.1 Å². The highest BCUT2D eigenvalue weighted by molar-refractivity contribution is 5.89. The summed E-state index contributed by atoms with van der Waals surface area (Å²) in [5.41, 5.74) is -0.280. The first-order valence-electron chi connectivity index (χ1n) is 10.3. The van der Waals surface area contributed by atoms with Gasteiger partial charge in [0, 0.05) is 19.6 Å². The maximum atomic E-state index is 12.6. The molecule has 0 radical (unpaired) electrons. The Morgan fingerprint density at radius 1 is 1.06 bits per heavy atom. The third-order valence-corrected chi connectivity index (χ3v) is 5.21. The Kier molecular flexibility index (Phi) is 7.98. The maximum Gasteiger partial charge on any atom is 0.416 e. The molecule has 174 valence electrons. The summed E-state index contributed by atoms with van der Waals surface area (Å²) in [5.74, 6) is 0.533. The Morgan fingerprint density at radius 3 is 2.22 bits per heavy atom. The number of rotatable bonds is 8. The predicted octanol–water partition coefficient (Wildman–Crippen LogP) is 3.78. The van der Waals surface area contributed by atoms with Crippen LogP contribution in [0.4, 0.5) is 13.2 Å². The van der Waals surface area contributed by atoms with Gasteiger partial charge in [-0.1, -0.05) is 0 Å². The molecule has 32 heavy (non-hydrogen) atoms. The Hall–Kier alpha value is -2.78. The minimum atomic E-state index is -4.36. The van der Waals surface area contributed by atoms with Crippen molar-refractivity contribution in [2.75, 3.05) is 33.4 Å². The Bertz CT molecular complexity index is 863.